The van der Waals surface area contributed by atoms with Gasteiger partial charge in [0.15, 0.2) is 4.98 Å². The van der Waals surface area contributed by atoms with Crippen molar-refractivity contribution in [3.63, 3.8) is 0 Å². The number of nitrogens with one attached hydrogen (secondary N) is 1. The number of diazo groups is 1. The zero-order valence-corrected chi connectivity index (χ0v) is 8.87. The number of halogens is 1. The standard InChI is InChI=1S/C8H9IN3/c1-2-11-8-4-3-6(12-10)5-7(8)9/h3-5,11H,2H2,1H3/q+1. The Morgan fingerprint density at radius 2 is 2.33 bits per heavy atom. The average Bonchev–Trinajstić information content (AvgIpc) is 2.09. The molecule has 0 saturated heterocycles. The van der Waals surface area contributed by atoms with E-state index in [2.05, 4.69) is 32.9 Å². The molecule has 3 nitrogen and oxygen atoms in total. The highest BCUT2D eigenvalue weighted by atomic mass is 127. The first kappa shape index (κ1) is 9.26. The fourth-order valence-electron chi connectivity index (χ4n) is 0.900. The van der Waals surface area contributed by atoms with Gasteiger partial charge in [-0.1, -0.05) is 0 Å². The highest BCUT2D eigenvalue weighted by molar-refractivity contribution is 14.1. The molecule has 0 unspecified atom stereocenters. The second-order valence-electron chi connectivity index (χ2n) is 2.29. The highest BCUT2D eigenvalue weighted by Crippen LogP contribution is 2.23. The second-order valence-corrected chi connectivity index (χ2v) is 3.46. The maximum atomic E-state index is 8.48. The molecule has 1 aromatic rings. The van der Waals surface area contributed by atoms with Gasteiger partial charge in [0.2, 0.25) is 5.39 Å². The summed E-state index contributed by atoms with van der Waals surface area (Å²) in [4.78, 5) is 3.10. The van der Waals surface area contributed by atoms with Crippen molar-refractivity contribution in [1.29, 1.82) is 5.39 Å². The van der Waals surface area contributed by atoms with Crippen LogP contribution in [0.4, 0.5) is 11.4 Å². The predicted molar refractivity (Wildman–Crippen MR) is 58.1 cm³/mol. The van der Waals surface area contributed by atoms with Crippen molar-refractivity contribution in [2.75, 3.05) is 11.9 Å². The quantitative estimate of drug-likeness (QED) is 0.664. The first-order valence-corrected chi connectivity index (χ1v) is 4.74. The van der Waals surface area contributed by atoms with Gasteiger partial charge in [0.1, 0.15) is 0 Å². The molecule has 0 bridgehead atoms. The number of anilines is 1. The minimum absolute atomic E-state index is 0.584. The van der Waals surface area contributed by atoms with Crippen molar-refractivity contribution in [2.45, 2.75) is 6.92 Å². The molecule has 1 rings (SSSR count). The lowest BCUT2D eigenvalue weighted by molar-refractivity contribution is 1.21. The average molecular weight is 274 g/mol. The summed E-state index contributed by atoms with van der Waals surface area (Å²) in [6, 6.07) is 5.49. The molecular formula is C8H9IN3+. The normalized spacial score (nSPS) is 9.08. The van der Waals surface area contributed by atoms with Gasteiger partial charge in [-0.3, -0.25) is 0 Å². The van der Waals surface area contributed by atoms with Crippen molar-refractivity contribution < 1.29 is 0 Å². The van der Waals surface area contributed by atoms with Gasteiger partial charge in [-0.25, -0.2) is 0 Å². The van der Waals surface area contributed by atoms with Gasteiger partial charge in [0.25, 0.3) is 0 Å². The van der Waals surface area contributed by atoms with Crippen LogP contribution in [-0.4, -0.2) is 6.54 Å². The van der Waals surface area contributed by atoms with Crippen LogP contribution in [0.25, 0.3) is 4.98 Å². The Balaban J connectivity index is 2.97. The molecule has 0 aliphatic rings. The lowest BCUT2D eigenvalue weighted by Gasteiger charge is -2.02. The largest absolute Gasteiger partial charge is 0.386 e. The summed E-state index contributed by atoms with van der Waals surface area (Å²) in [5.74, 6) is 0. The Labute approximate surface area is 84.9 Å². The van der Waals surface area contributed by atoms with Crippen LogP contribution in [0.1, 0.15) is 6.92 Å². The molecule has 1 aromatic carbocycles. The smallest absolute Gasteiger partial charge is 0.384 e. The van der Waals surface area contributed by atoms with Crippen LogP contribution in [0.5, 0.6) is 0 Å². The van der Waals surface area contributed by atoms with E-state index in [1.807, 2.05) is 19.1 Å². The van der Waals surface area contributed by atoms with Crippen molar-refractivity contribution >= 4 is 34.0 Å². The van der Waals surface area contributed by atoms with Gasteiger partial charge in [0, 0.05) is 27.9 Å². The maximum Gasteiger partial charge on any atom is 0.386 e. The number of nitrogens with zero attached hydrogens (tertiary/aromatic N) is 2. The van der Waals surface area contributed by atoms with Gasteiger partial charge >= 0.3 is 5.69 Å². The van der Waals surface area contributed by atoms with E-state index in [0.717, 1.165) is 15.8 Å². The highest BCUT2D eigenvalue weighted by Gasteiger charge is 2.06. The molecule has 12 heavy (non-hydrogen) atoms. The van der Waals surface area contributed by atoms with Crippen molar-refractivity contribution in [1.82, 2.24) is 0 Å². The van der Waals surface area contributed by atoms with Crippen LogP contribution < -0.4 is 5.32 Å². The van der Waals surface area contributed by atoms with Crippen LogP contribution in [0, 0.1) is 8.96 Å². The van der Waals surface area contributed by atoms with Crippen molar-refractivity contribution in [3.8, 4) is 0 Å². The van der Waals surface area contributed by atoms with Crippen LogP contribution in [0.3, 0.4) is 0 Å². The summed E-state index contributed by atoms with van der Waals surface area (Å²) in [6.45, 7) is 2.94. The predicted octanol–water partition coefficient (Wildman–Crippen LogP) is 3.21. The summed E-state index contributed by atoms with van der Waals surface area (Å²) in [5.41, 5.74) is 1.66. The first-order valence-electron chi connectivity index (χ1n) is 3.66. The van der Waals surface area contributed by atoms with E-state index in [9.17, 15) is 0 Å². The first-order chi connectivity index (χ1) is 5.77. The molecule has 0 saturated carbocycles. The lowest BCUT2D eigenvalue weighted by Crippen LogP contribution is -1.97. The molecule has 0 aliphatic carbocycles. The molecule has 0 heterocycles. The Hall–Kier alpha value is -0.830. The molecular weight excluding hydrogens is 265 g/mol. The Morgan fingerprint density at radius 1 is 1.58 bits per heavy atom. The SMILES string of the molecule is CCNc1ccc([N+]#N)cc1I. The van der Waals surface area contributed by atoms with Crippen LogP contribution in [-0.2, 0) is 0 Å². The molecule has 0 atom stereocenters. The summed E-state index contributed by atoms with van der Waals surface area (Å²) in [5, 5.41) is 11.7. The number of hydrogen-bond acceptors (Lipinski definition) is 2. The van der Waals surface area contributed by atoms with Crippen molar-refractivity contribution in [3.05, 3.63) is 26.7 Å². The van der Waals surface area contributed by atoms with E-state index >= 15 is 0 Å². The Morgan fingerprint density at radius 3 is 2.83 bits per heavy atom. The second kappa shape index (κ2) is 4.26. The molecule has 0 amide bonds. The fraction of sp³-hybridized carbons (Fsp3) is 0.250. The topological polar surface area (TPSA) is 40.2 Å². The van der Waals surface area contributed by atoms with E-state index in [0.29, 0.717) is 5.69 Å². The van der Waals surface area contributed by atoms with Gasteiger partial charge in [0.05, 0.1) is 0 Å². The van der Waals surface area contributed by atoms with Gasteiger partial charge in [-0.05, 0) is 35.6 Å². The zero-order valence-electron chi connectivity index (χ0n) is 6.71. The van der Waals surface area contributed by atoms with Crippen LogP contribution >= 0.6 is 22.6 Å². The zero-order chi connectivity index (χ0) is 8.97. The number of rotatable bonds is 2. The minimum Gasteiger partial charge on any atom is -0.384 e. The Bertz CT molecular complexity index is 317. The number of benzene rings is 1. The Kier molecular flexibility index (Phi) is 3.29. The van der Waals surface area contributed by atoms with Crippen LogP contribution in [0.2, 0.25) is 0 Å². The summed E-state index contributed by atoms with van der Waals surface area (Å²) >= 11 is 2.20. The third-order valence-corrected chi connectivity index (χ3v) is 2.33. The van der Waals surface area contributed by atoms with Crippen LogP contribution in [0.15, 0.2) is 18.2 Å². The lowest BCUT2D eigenvalue weighted by atomic mass is 10.3. The maximum absolute atomic E-state index is 8.48. The molecule has 0 radical (unpaired) electrons. The summed E-state index contributed by atoms with van der Waals surface area (Å²) in [6.07, 6.45) is 0. The molecule has 1 N–H and O–H groups in total. The molecule has 0 spiro atoms. The minimum atomic E-state index is 0.584. The van der Waals surface area contributed by atoms with E-state index in [-0.39, 0.29) is 0 Å². The van der Waals surface area contributed by atoms with Gasteiger partial charge in [-0.15, -0.1) is 0 Å². The monoisotopic (exact) mass is 274 g/mol. The van der Waals surface area contributed by atoms with Gasteiger partial charge in [-0.2, -0.15) is 0 Å². The summed E-state index contributed by atoms with van der Waals surface area (Å²) < 4.78 is 1.06. The van der Waals surface area contributed by atoms with E-state index in [1.54, 1.807) is 6.07 Å². The molecule has 4 heteroatoms. The van der Waals surface area contributed by atoms with E-state index in [1.165, 1.54) is 0 Å². The molecule has 62 valence electrons. The van der Waals surface area contributed by atoms with E-state index < -0.39 is 0 Å². The molecule has 0 aliphatic heterocycles. The third kappa shape index (κ3) is 2.08. The van der Waals surface area contributed by atoms with Crippen molar-refractivity contribution in [2.24, 2.45) is 0 Å². The third-order valence-electron chi connectivity index (χ3n) is 1.44. The van der Waals surface area contributed by atoms with E-state index in [4.69, 9.17) is 5.39 Å². The fourth-order valence-corrected chi connectivity index (χ4v) is 1.59. The van der Waals surface area contributed by atoms with Gasteiger partial charge < -0.3 is 5.32 Å². The molecule has 0 fully saturated rings. The summed E-state index contributed by atoms with van der Waals surface area (Å²) in [7, 11) is 0. The number of hydrogen-bond donors (Lipinski definition) is 1. The molecule has 0 aromatic heterocycles.